The van der Waals surface area contributed by atoms with E-state index in [1.165, 1.54) is 16.7 Å². The third-order valence-corrected chi connectivity index (χ3v) is 5.03. The van der Waals surface area contributed by atoms with Crippen molar-refractivity contribution in [3.63, 3.8) is 0 Å². The number of hydrogen-bond acceptors (Lipinski definition) is 1. The Balaban J connectivity index is 1.95. The van der Waals surface area contributed by atoms with E-state index in [1.54, 1.807) is 0 Å². The van der Waals surface area contributed by atoms with Crippen molar-refractivity contribution in [3.05, 3.63) is 102 Å². The summed E-state index contributed by atoms with van der Waals surface area (Å²) in [6, 6.07) is 30.0. The molecule has 1 aliphatic heterocycles. The van der Waals surface area contributed by atoms with E-state index in [-0.39, 0.29) is 17.4 Å². The van der Waals surface area contributed by atoms with Crippen LogP contribution in [0.5, 0.6) is 5.75 Å². The standard InChI is InChI=1S/C23H22O/c1-23(2)22(18-13-7-4-8-14-18)21(17-11-5-3-6-12-17)19-15-9-10-16-20(19)24-23/h3-16,21-22H,1-2H3/t21-,22-/m1/s1. The molecule has 3 aromatic carbocycles. The lowest BCUT2D eigenvalue weighted by atomic mass is 9.68. The Bertz CT molecular complexity index is 821. The predicted octanol–water partition coefficient (Wildman–Crippen LogP) is 5.77. The van der Waals surface area contributed by atoms with Crippen LogP contribution in [0, 0.1) is 0 Å². The summed E-state index contributed by atoms with van der Waals surface area (Å²) in [4.78, 5) is 0. The van der Waals surface area contributed by atoms with Crippen molar-refractivity contribution in [2.24, 2.45) is 0 Å². The van der Waals surface area contributed by atoms with Crippen LogP contribution in [-0.4, -0.2) is 5.60 Å². The van der Waals surface area contributed by atoms with Crippen molar-refractivity contribution in [2.75, 3.05) is 0 Å². The van der Waals surface area contributed by atoms with Crippen molar-refractivity contribution >= 4 is 0 Å². The molecular formula is C23H22O. The minimum atomic E-state index is -0.282. The van der Waals surface area contributed by atoms with Gasteiger partial charge in [-0.25, -0.2) is 0 Å². The fourth-order valence-electron chi connectivity index (χ4n) is 4.04. The quantitative estimate of drug-likeness (QED) is 0.583. The van der Waals surface area contributed by atoms with Gasteiger partial charge in [0, 0.05) is 17.4 Å². The molecule has 1 aliphatic rings. The van der Waals surface area contributed by atoms with E-state index in [9.17, 15) is 0 Å². The summed E-state index contributed by atoms with van der Waals surface area (Å²) in [5.41, 5.74) is 3.66. The Morgan fingerprint density at radius 2 is 1.21 bits per heavy atom. The van der Waals surface area contributed by atoms with E-state index < -0.39 is 0 Å². The number of fused-ring (bicyclic) bond motifs is 1. The third kappa shape index (κ3) is 2.50. The highest BCUT2D eigenvalue weighted by atomic mass is 16.5. The van der Waals surface area contributed by atoms with Gasteiger partial charge in [0.2, 0.25) is 0 Å². The average Bonchev–Trinajstić information content (AvgIpc) is 2.61. The summed E-state index contributed by atoms with van der Waals surface area (Å²) in [6.07, 6.45) is 0. The first-order chi connectivity index (χ1) is 11.7. The first-order valence-corrected chi connectivity index (χ1v) is 8.54. The Morgan fingerprint density at radius 1 is 0.667 bits per heavy atom. The lowest BCUT2D eigenvalue weighted by molar-refractivity contribution is 0.0531. The second-order valence-corrected chi connectivity index (χ2v) is 7.02. The zero-order chi connectivity index (χ0) is 16.6. The molecule has 2 atom stereocenters. The maximum Gasteiger partial charge on any atom is 0.123 e. The van der Waals surface area contributed by atoms with Crippen molar-refractivity contribution < 1.29 is 4.74 Å². The van der Waals surface area contributed by atoms with E-state index in [0.29, 0.717) is 0 Å². The smallest absolute Gasteiger partial charge is 0.123 e. The van der Waals surface area contributed by atoms with Crippen LogP contribution in [0.3, 0.4) is 0 Å². The van der Waals surface area contributed by atoms with Gasteiger partial charge in [-0.15, -0.1) is 0 Å². The zero-order valence-corrected chi connectivity index (χ0v) is 14.1. The SMILES string of the molecule is CC1(C)Oc2ccccc2[C@@H](c2ccccc2)[C@H]1c1ccccc1. The Labute approximate surface area is 143 Å². The summed E-state index contributed by atoms with van der Waals surface area (Å²) < 4.78 is 6.44. The van der Waals surface area contributed by atoms with Gasteiger partial charge in [0.15, 0.2) is 0 Å². The zero-order valence-electron chi connectivity index (χ0n) is 14.1. The fraction of sp³-hybridized carbons (Fsp3) is 0.217. The molecule has 1 heterocycles. The monoisotopic (exact) mass is 314 g/mol. The highest BCUT2D eigenvalue weighted by molar-refractivity contribution is 5.49. The number of para-hydroxylation sites is 1. The molecule has 4 rings (SSSR count). The summed E-state index contributed by atoms with van der Waals surface area (Å²) in [6.45, 7) is 4.41. The van der Waals surface area contributed by atoms with Gasteiger partial charge in [-0.1, -0.05) is 78.9 Å². The molecule has 24 heavy (non-hydrogen) atoms. The first kappa shape index (κ1) is 15.0. The Hall–Kier alpha value is -2.54. The highest BCUT2D eigenvalue weighted by Crippen LogP contribution is 2.52. The molecule has 0 radical (unpaired) electrons. The van der Waals surface area contributed by atoms with Gasteiger partial charge in [0.05, 0.1) is 0 Å². The largest absolute Gasteiger partial charge is 0.487 e. The molecule has 3 aromatic rings. The fourth-order valence-corrected chi connectivity index (χ4v) is 4.04. The molecule has 0 spiro atoms. The molecule has 0 bridgehead atoms. The van der Waals surface area contributed by atoms with Crippen LogP contribution >= 0.6 is 0 Å². The normalized spacial score (nSPS) is 21.6. The molecule has 120 valence electrons. The molecule has 1 nitrogen and oxygen atoms in total. The van der Waals surface area contributed by atoms with Crippen LogP contribution in [0.15, 0.2) is 84.9 Å². The molecule has 0 unspecified atom stereocenters. The molecular weight excluding hydrogens is 292 g/mol. The van der Waals surface area contributed by atoms with Gasteiger partial charge in [-0.2, -0.15) is 0 Å². The van der Waals surface area contributed by atoms with E-state index in [2.05, 4.69) is 98.8 Å². The molecule has 0 aromatic heterocycles. The number of benzene rings is 3. The Kier molecular flexibility index (Phi) is 3.65. The highest BCUT2D eigenvalue weighted by Gasteiger charge is 2.44. The van der Waals surface area contributed by atoms with Crippen LogP contribution in [0.25, 0.3) is 0 Å². The third-order valence-electron chi connectivity index (χ3n) is 5.03. The molecule has 0 aliphatic carbocycles. The number of ether oxygens (including phenoxy) is 1. The van der Waals surface area contributed by atoms with Crippen LogP contribution in [-0.2, 0) is 0 Å². The summed E-state index contributed by atoms with van der Waals surface area (Å²) in [5, 5.41) is 0. The summed E-state index contributed by atoms with van der Waals surface area (Å²) in [5.74, 6) is 1.55. The van der Waals surface area contributed by atoms with Crippen LogP contribution < -0.4 is 4.74 Å². The topological polar surface area (TPSA) is 9.23 Å². The van der Waals surface area contributed by atoms with Crippen LogP contribution in [0.4, 0.5) is 0 Å². The lowest BCUT2D eigenvalue weighted by Gasteiger charge is -2.45. The van der Waals surface area contributed by atoms with E-state index in [4.69, 9.17) is 4.74 Å². The van der Waals surface area contributed by atoms with Gasteiger partial charge in [0.1, 0.15) is 11.4 Å². The van der Waals surface area contributed by atoms with Gasteiger partial charge in [-0.3, -0.25) is 0 Å². The van der Waals surface area contributed by atoms with Gasteiger partial charge in [-0.05, 0) is 31.0 Å². The molecule has 0 N–H and O–H groups in total. The average molecular weight is 314 g/mol. The molecule has 0 fully saturated rings. The molecule has 1 heteroatoms. The lowest BCUT2D eigenvalue weighted by Crippen LogP contribution is -2.43. The van der Waals surface area contributed by atoms with E-state index in [1.807, 2.05) is 0 Å². The maximum atomic E-state index is 6.44. The van der Waals surface area contributed by atoms with Gasteiger partial charge < -0.3 is 4.74 Å². The second kappa shape index (κ2) is 5.83. The van der Waals surface area contributed by atoms with Gasteiger partial charge >= 0.3 is 0 Å². The van der Waals surface area contributed by atoms with Crippen molar-refractivity contribution in [3.8, 4) is 5.75 Å². The van der Waals surface area contributed by atoms with Crippen LogP contribution in [0.2, 0.25) is 0 Å². The molecule has 0 saturated heterocycles. The van der Waals surface area contributed by atoms with Crippen molar-refractivity contribution in [1.82, 2.24) is 0 Å². The van der Waals surface area contributed by atoms with Crippen LogP contribution in [0.1, 0.15) is 42.4 Å². The van der Waals surface area contributed by atoms with E-state index >= 15 is 0 Å². The Morgan fingerprint density at radius 3 is 1.88 bits per heavy atom. The first-order valence-electron chi connectivity index (χ1n) is 8.54. The van der Waals surface area contributed by atoms with Crippen molar-refractivity contribution in [1.29, 1.82) is 0 Å². The minimum absolute atomic E-state index is 0.260. The second-order valence-electron chi connectivity index (χ2n) is 7.02. The minimum Gasteiger partial charge on any atom is -0.487 e. The van der Waals surface area contributed by atoms with Gasteiger partial charge in [0.25, 0.3) is 0 Å². The summed E-state index contributed by atoms with van der Waals surface area (Å²) in [7, 11) is 0. The van der Waals surface area contributed by atoms with E-state index in [0.717, 1.165) is 5.75 Å². The summed E-state index contributed by atoms with van der Waals surface area (Å²) >= 11 is 0. The maximum absolute atomic E-state index is 6.44. The predicted molar refractivity (Wildman–Crippen MR) is 98.6 cm³/mol. The molecule has 0 amide bonds. The number of rotatable bonds is 2. The molecule has 0 saturated carbocycles. The van der Waals surface area contributed by atoms with Crippen molar-refractivity contribution in [2.45, 2.75) is 31.3 Å². The number of hydrogen-bond donors (Lipinski definition) is 0.